The first kappa shape index (κ1) is 9.93. The summed E-state index contributed by atoms with van der Waals surface area (Å²) in [5.74, 6) is 0.133. The molecule has 2 heteroatoms. The SMILES string of the molecule is Cc1ccccc1C(=O)CC(C)N. The molecule has 0 aliphatic heterocycles. The Morgan fingerprint density at radius 3 is 2.62 bits per heavy atom. The van der Waals surface area contributed by atoms with E-state index in [-0.39, 0.29) is 11.8 Å². The Morgan fingerprint density at radius 1 is 1.46 bits per heavy atom. The van der Waals surface area contributed by atoms with Crippen LogP contribution in [0.25, 0.3) is 0 Å². The quantitative estimate of drug-likeness (QED) is 0.717. The van der Waals surface area contributed by atoms with Crippen molar-refractivity contribution >= 4 is 5.78 Å². The fourth-order valence-corrected chi connectivity index (χ4v) is 1.29. The van der Waals surface area contributed by atoms with Gasteiger partial charge in [-0.1, -0.05) is 24.3 Å². The minimum Gasteiger partial charge on any atom is -0.328 e. The third-order valence-electron chi connectivity index (χ3n) is 1.95. The summed E-state index contributed by atoms with van der Waals surface area (Å²) < 4.78 is 0. The average Bonchev–Trinajstić information content (AvgIpc) is 2.03. The third kappa shape index (κ3) is 2.67. The smallest absolute Gasteiger partial charge is 0.164 e. The largest absolute Gasteiger partial charge is 0.328 e. The van der Waals surface area contributed by atoms with Gasteiger partial charge in [0, 0.05) is 18.0 Å². The molecule has 2 N–H and O–H groups in total. The minimum absolute atomic E-state index is 0.0629. The second-order valence-electron chi connectivity index (χ2n) is 3.42. The van der Waals surface area contributed by atoms with E-state index in [9.17, 15) is 4.79 Å². The van der Waals surface area contributed by atoms with Gasteiger partial charge in [0.2, 0.25) is 0 Å². The van der Waals surface area contributed by atoms with Crippen LogP contribution in [0, 0.1) is 6.92 Å². The molecule has 1 unspecified atom stereocenters. The van der Waals surface area contributed by atoms with Crippen LogP contribution in [0.1, 0.15) is 29.3 Å². The highest BCUT2D eigenvalue weighted by Gasteiger charge is 2.09. The number of nitrogens with two attached hydrogens (primary N) is 1. The van der Waals surface area contributed by atoms with Gasteiger partial charge in [-0.2, -0.15) is 0 Å². The van der Waals surface area contributed by atoms with Gasteiger partial charge in [-0.15, -0.1) is 0 Å². The van der Waals surface area contributed by atoms with Crippen molar-refractivity contribution in [1.82, 2.24) is 0 Å². The Hall–Kier alpha value is -1.15. The molecule has 0 saturated heterocycles. The van der Waals surface area contributed by atoms with Gasteiger partial charge in [-0.25, -0.2) is 0 Å². The zero-order valence-electron chi connectivity index (χ0n) is 8.08. The van der Waals surface area contributed by atoms with Crippen LogP contribution in [0.5, 0.6) is 0 Å². The Kier molecular flexibility index (Phi) is 3.20. The van der Waals surface area contributed by atoms with Crippen LogP contribution in [-0.4, -0.2) is 11.8 Å². The summed E-state index contributed by atoms with van der Waals surface area (Å²) in [6.45, 7) is 3.78. The van der Waals surface area contributed by atoms with E-state index in [1.54, 1.807) is 0 Å². The number of ketones is 1. The van der Waals surface area contributed by atoms with Crippen LogP contribution in [-0.2, 0) is 0 Å². The van der Waals surface area contributed by atoms with Crippen molar-refractivity contribution < 1.29 is 4.79 Å². The predicted octanol–water partition coefficient (Wildman–Crippen LogP) is 1.92. The topological polar surface area (TPSA) is 43.1 Å². The first-order chi connectivity index (χ1) is 6.11. The summed E-state index contributed by atoms with van der Waals surface area (Å²) >= 11 is 0. The highest BCUT2D eigenvalue weighted by atomic mass is 16.1. The summed E-state index contributed by atoms with van der Waals surface area (Å²) in [6, 6.07) is 7.53. The molecule has 13 heavy (non-hydrogen) atoms. The molecule has 2 nitrogen and oxygen atoms in total. The van der Waals surface area contributed by atoms with Crippen molar-refractivity contribution in [3.8, 4) is 0 Å². The maximum Gasteiger partial charge on any atom is 0.164 e. The summed E-state index contributed by atoms with van der Waals surface area (Å²) in [5.41, 5.74) is 7.37. The zero-order chi connectivity index (χ0) is 9.84. The van der Waals surface area contributed by atoms with E-state index in [4.69, 9.17) is 5.73 Å². The molecule has 0 amide bonds. The van der Waals surface area contributed by atoms with Gasteiger partial charge < -0.3 is 5.73 Å². The number of Topliss-reactive ketones (excluding diaryl/α,β-unsaturated/α-hetero) is 1. The molecule has 1 atom stereocenters. The molecular weight excluding hydrogens is 162 g/mol. The van der Waals surface area contributed by atoms with Crippen LogP contribution in [0.3, 0.4) is 0 Å². The average molecular weight is 177 g/mol. The summed E-state index contributed by atoms with van der Waals surface area (Å²) in [5, 5.41) is 0. The number of benzene rings is 1. The molecule has 0 fully saturated rings. The summed E-state index contributed by atoms with van der Waals surface area (Å²) in [7, 11) is 0. The monoisotopic (exact) mass is 177 g/mol. The standard InChI is InChI=1S/C11H15NO/c1-8-5-3-4-6-10(8)11(13)7-9(2)12/h3-6,9H,7,12H2,1-2H3. The molecule has 0 heterocycles. The molecule has 0 bridgehead atoms. The van der Waals surface area contributed by atoms with Crippen LogP contribution in [0.4, 0.5) is 0 Å². The van der Waals surface area contributed by atoms with Gasteiger partial charge in [0.25, 0.3) is 0 Å². The Bertz CT molecular complexity index is 305. The molecule has 0 radical (unpaired) electrons. The Morgan fingerprint density at radius 2 is 2.08 bits per heavy atom. The van der Waals surface area contributed by atoms with Crippen molar-refractivity contribution in [2.45, 2.75) is 26.3 Å². The maximum atomic E-state index is 11.6. The molecule has 1 aromatic carbocycles. The van der Waals surface area contributed by atoms with Crippen molar-refractivity contribution in [3.63, 3.8) is 0 Å². The lowest BCUT2D eigenvalue weighted by Gasteiger charge is -2.06. The lowest BCUT2D eigenvalue weighted by atomic mass is 10.0. The molecule has 1 aromatic rings. The molecule has 0 aromatic heterocycles. The lowest BCUT2D eigenvalue weighted by molar-refractivity contribution is 0.0976. The second kappa shape index (κ2) is 4.19. The number of carbonyl (C=O) groups excluding carboxylic acids is 1. The van der Waals surface area contributed by atoms with Gasteiger partial charge in [0.05, 0.1) is 0 Å². The number of rotatable bonds is 3. The number of carbonyl (C=O) groups is 1. The fraction of sp³-hybridized carbons (Fsp3) is 0.364. The highest BCUT2D eigenvalue weighted by molar-refractivity contribution is 5.97. The van der Waals surface area contributed by atoms with E-state index in [1.165, 1.54) is 0 Å². The van der Waals surface area contributed by atoms with Crippen molar-refractivity contribution in [2.24, 2.45) is 5.73 Å². The first-order valence-corrected chi connectivity index (χ1v) is 4.45. The molecule has 0 spiro atoms. The number of hydrogen-bond donors (Lipinski definition) is 1. The normalized spacial score (nSPS) is 12.5. The van der Waals surface area contributed by atoms with Crippen LogP contribution >= 0.6 is 0 Å². The van der Waals surface area contributed by atoms with E-state index in [0.29, 0.717) is 6.42 Å². The van der Waals surface area contributed by atoms with Gasteiger partial charge in [0.15, 0.2) is 5.78 Å². The van der Waals surface area contributed by atoms with E-state index in [1.807, 2.05) is 38.1 Å². The van der Waals surface area contributed by atoms with Crippen LogP contribution in [0.2, 0.25) is 0 Å². The van der Waals surface area contributed by atoms with Gasteiger partial charge in [-0.3, -0.25) is 4.79 Å². The minimum atomic E-state index is -0.0629. The van der Waals surface area contributed by atoms with E-state index in [2.05, 4.69) is 0 Å². The Balaban J connectivity index is 2.83. The van der Waals surface area contributed by atoms with Gasteiger partial charge in [-0.05, 0) is 19.4 Å². The van der Waals surface area contributed by atoms with Crippen molar-refractivity contribution in [1.29, 1.82) is 0 Å². The molecule has 70 valence electrons. The zero-order valence-corrected chi connectivity index (χ0v) is 8.08. The van der Waals surface area contributed by atoms with Gasteiger partial charge >= 0.3 is 0 Å². The number of aryl methyl sites for hydroxylation is 1. The molecular formula is C11H15NO. The summed E-state index contributed by atoms with van der Waals surface area (Å²) in [4.78, 5) is 11.6. The first-order valence-electron chi connectivity index (χ1n) is 4.45. The molecule has 0 aliphatic carbocycles. The van der Waals surface area contributed by atoms with Crippen molar-refractivity contribution in [3.05, 3.63) is 35.4 Å². The second-order valence-corrected chi connectivity index (χ2v) is 3.42. The predicted molar refractivity (Wildman–Crippen MR) is 53.8 cm³/mol. The van der Waals surface area contributed by atoms with Crippen molar-refractivity contribution in [2.75, 3.05) is 0 Å². The number of hydrogen-bond acceptors (Lipinski definition) is 2. The van der Waals surface area contributed by atoms with Gasteiger partial charge in [0.1, 0.15) is 0 Å². The van der Waals surface area contributed by atoms with E-state index in [0.717, 1.165) is 11.1 Å². The fourth-order valence-electron chi connectivity index (χ4n) is 1.29. The highest BCUT2D eigenvalue weighted by Crippen LogP contribution is 2.10. The van der Waals surface area contributed by atoms with Crippen LogP contribution in [0.15, 0.2) is 24.3 Å². The van der Waals surface area contributed by atoms with E-state index < -0.39 is 0 Å². The molecule has 0 aliphatic rings. The Labute approximate surface area is 78.8 Å². The lowest BCUT2D eigenvalue weighted by Crippen LogP contribution is -2.20. The molecule has 1 rings (SSSR count). The maximum absolute atomic E-state index is 11.6. The summed E-state index contributed by atoms with van der Waals surface area (Å²) in [6.07, 6.45) is 0.421. The van der Waals surface area contributed by atoms with Crippen LogP contribution < -0.4 is 5.73 Å². The third-order valence-corrected chi connectivity index (χ3v) is 1.95. The molecule has 0 saturated carbocycles. The van der Waals surface area contributed by atoms with E-state index >= 15 is 0 Å².